The molecule has 0 radical (unpaired) electrons. The van der Waals surface area contributed by atoms with Crippen molar-refractivity contribution in [1.82, 2.24) is 5.32 Å². The van der Waals surface area contributed by atoms with Gasteiger partial charge in [-0.15, -0.1) is 0 Å². The quantitative estimate of drug-likeness (QED) is 0.815. The molecule has 21 heavy (non-hydrogen) atoms. The molecule has 3 rings (SSSR count). The highest BCUT2D eigenvalue weighted by Gasteiger charge is 2.25. The summed E-state index contributed by atoms with van der Waals surface area (Å²) in [7, 11) is 0. The van der Waals surface area contributed by atoms with Crippen molar-refractivity contribution in [2.24, 2.45) is 0 Å². The van der Waals surface area contributed by atoms with Gasteiger partial charge in [-0.05, 0) is 48.9 Å². The summed E-state index contributed by atoms with van der Waals surface area (Å²) in [4.78, 5) is 0. The molecule has 1 nitrogen and oxygen atoms in total. The van der Waals surface area contributed by atoms with Gasteiger partial charge in [0.1, 0.15) is 0 Å². The van der Waals surface area contributed by atoms with Crippen LogP contribution in [-0.2, 0) is 0 Å². The molecule has 0 saturated heterocycles. The van der Waals surface area contributed by atoms with Crippen LogP contribution >= 0.6 is 0 Å². The highest BCUT2D eigenvalue weighted by Crippen LogP contribution is 2.40. The van der Waals surface area contributed by atoms with E-state index >= 15 is 0 Å². The summed E-state index contributed by atoms with van der Waals surface area (Å²) in [5.74, 6) is 0.771. The van der Waals surface area contributed by atoms with Crippen LogP contribution in [0.5, 0.6) is 0 Å². The van der Waals surface area contributed by atoms with E-state index in [4.69, 9.17) is 0 Å². The Morgan fingerprint density at radius 1 is 1.05 bits per heavy atom. The number of nitrogens with one attached hydrogen (secondary N) is 1. The molecule has 1 saturated carbocycles. The van der Waals surface area contributed by atoms with Crippen molar-refractivity contribution >= 4 is 0 Å². The third-order valence-electron chi connectivity index (χ3n) is 4.67. The molecule has 1 N–H and O–H groups in total. The third-order valence-corrected chi connectivity index (χ3v) is 4.67. The first kappa shape index (κ1) is 14.3. The van der Waals surface area contributed by atoms with Gasteiger partial charge in [-0.2, -0.15) is 0 Å². The van der Waals surface area contributed by atoms with Gasteiger partial charge in [-0.25, -0.2) is 0 Å². The van der Waals surface area contributed by atoms with E-state index in [0.29, 0.717) is 6.04 Å². The van der Waals surface area contributed by atoms with Crippen molar-refractivity contribution in [3.8, 4) is 0 Å². The van der Waals surface area contributed by atoms with Crippen LogP contribution in [0.2, 0.25) is 0 Å². The Bertz CT molecular complexity index is 581. The summed E-state index contributed by atoms with van der Waals surface area (Å²) in [5, 5.41) is 3.68. The van der Waals surface area contributed by atoms with Crippen LogP contribution in [0.25, 0.3) is 0 Å². The second kappa shape index (κ2) is 6.44. The van der Waals surface area contributed by atoms with Crippen LogP contribution < -0.4 is 5.32 Å². The van der Waals surface area contributed by atoms with Crippen LogP contribution in [0.3, 0.4) is 0 Å². The number of hydrogen-bond donors (Lipinski definition) is 1. The molecule has 0 aliphatic heterocycles. The zero-order valence-corrected chi connectivity index (χ0v) is 13.1. The van der Waals surface area contributed by atoms with Crippen LogP contribution in [0, 0.1) is 6.92 Å². The Hall–Kier alpha value is -1.60. The third kappa shape index (κ3) is 3.03. The summed E-state index contributed by atoms with van der Waals surface area (Å²) in [6, 6.07) is 18.3. The van der Waals surface area contributed by atoms with E-state index in [1.165, 1.54) is 36.0 Å². The second-order valence-corrected chi connectivity index (χ2v) is 6.16. The second-order valence-electron chi connectivity index (χ2n) is 6.16. The van der Waals surface area contributed by atoms with Crippen molar-refractivity contribution in [3.05, 3.63) is 70.8 Å². The zero-order chi connectivity index (χ0) is 14.7. The lowest BCUT2D eigenvalue weighted by atomic mass is 9.76. The molecule has 110 valence electrons. The zero-order valence-electron chi connectivity index (χ0n) is 13.1. The monoisotopic (exact) mass is 279 g/mol. The van der Waals surface area contributed by atoms with Gasteiger partial charge < -0.3 is 5.32 Å². The minimum absolute atomic E-state index is 0.312. The summed E-state index contributed by atoms with van der Waals surface area (Å²) < 4.78 is 0. The normalized spacial score (nSPS) is 16.5. The smallest absolute Gasteiger partial charge is 0.0579 e. The van der Waals surface area contributed by atoms with E-state index in [0.717, 1.165) is 12.5 Å². The molecule has 1 unspecified atom stereocenters. The first-order valence-corrected chi connectivity index (χ1v) is 8.18. The van der Waals surface area contributed by atoms with Crippen molar-refractivity contribution in [2.45, 2.75) is 45.1 Å². The molecular weight excluding hydrogens is 254 g/mol. The molecule has 0 amide bonds. The standard InChI is InChI=1S/C20H25N/c1-3-21-20(17-13-11-15(2)12-14-17)19-10-5-4-9-18(19)16-7-6-8-16/h4-5,9-14,16,20-21H,3,6-8H2,1-2H3. The molecule has 1 aliphatic carbocycles. The SMILES string of the molecule is CCNC(c1ccc(C)cc1)c1ccccc1C1CCC1. The van der Waals surface area contributed by atoms with Gasteiger partial charge >= 0.3 is 0 Å². The van der Waals surface area contributed by atoms with E-state index in [-0.39, 0.29) is 0 Å². The van der Waals surface area contributed by atoms with Crippen molar-refractivity contribution < 1.29 is 0 Å². The van der Waals surface area contributed by atoms with Crippen LogP contribution in [0.1, 0.15) is 60.4 Å². The van der Waals surface area contributed by atoms with Gasteiger partial charge in [0.15, 0.2) is 0 Å². The summed E-state index contributed by atoms with van der Waals surface area (Å²) >= 11 is 0. The number of hydrogen-bond acceptors (Lipinski definition) is 1. The molecule has 2 aromatic rings. The average Bonchev–Trinajstić information content (AvgIpc) is 2.45. The molecule has 1 fully saturated rings. The lowest BCUT2D eigenvalue weighted by Gasteiger charge is -2.31. The molecule has 0 aromatic heterocycles. The van der Waals surface area contributed by atoms with Gasteiger partial charge in [0.05, 0.1) is 6.04 Å². The molecule has 1 atom stereocenters. The number of rotatable bonds is 5. The van der Waals surface area contributed by atoms with E-state index in [1.54, 1.807) is 5.56 Å². The minimum Gasteiger partial charge on any atom is -0.307 e. The number of aryl methyl sites for hydroxylation is 1. The lowest BCUT2D eigenvalue weighted by Crippen LogP contribution is -2.24. The maximum atomic E-state index is 3.68. The summed E-state index contributed by atoms with van der Waals surface area (Å²) in [6.07, 6.45) is 4.09. The van der Waals surface area contributed by atoms with Gasteiger partial charge in [0, 0.05) is 0 Å². The van der Waals surface area contributed by atoms with E-state index in [2.05, 4.69) is 67.7 Å². The molecule has 2 aromatic carbocycles. The molecular formula is C20H25N. The van der Waals surface area contributed by atoms with E-state index in [9.17, 15) is 0 Å². The fourth-order valence-corrected chi connectivity index (χ4v) is 3.24. The highest BCUT2D eigenvalue weighted by molar-refractivity contribution is 5.40. The Kier molecular flexibility index (Phi) is 4.40. The fourth-order valence-electron chi connectivity index (χ4n) is 3.24. The highest BCUT2D eigenvalue weighted by atomic mass is 14.9. The van der Waals surface area contributed by atoms with Crippen LogP contribution in [0.4, 0.5) is 0 Å². The number of benzene rings is 2. The molecule has 1 aliphatic rings. The Labute approximate surface area is 128 Å². The van der Waals surface area contributed by atoms with Crippen LogP contribution in [0.15, 0.2) is 48.5 Å². The first-order chi connectivity index (χ1) is 10.3. The molecule has 0 heterocycles. The molecule has 1 heteroatoms. The van der Waals surface area contributed by atoms with E-state index in [1.807, 2.05) is 0 Å². The Morgan fingerprint density at radius 2 is 1.76 bits per heavy atom. The van der Waals surface area contributed by atoms with Crippen molar-refractivity contribution in [2.75, 3.05) is 6.54 Å². The maximum Gasteiger partial charge on any atom is 0.0579 e. The Balaban J connectivity index is 1.99. The van der Waals surface area contributed by atoms with E-state index < -0.39 is 0 Å². The molecule has 0 spiro atoms. The Morgan fingerprint density at radius 3 is 2.38 bits per heavy atom. The largest absolute Gasteiger partial charge is 0.307 e. The summed E-state index contributed by atoms with van der Waals surface area (Å²) in [6.45, 7) is 5.32. The van der Waals surface area contributed by atoms with Crippen molar-refractivity contribution in [1.29, 1.82) is 0 Å². The van der Waals surface area contributed by atoms with Gasteiger partial charge in [0.25, 0.3) is 0 Å². The van der Waals surface area contributed by atoms with Crippen molar-refractivity contribution in [3.63, 3.8) is 0 Å². The fraction of sp³-hybridized carbons (Fsp3) is 0.400. The minimum atomic E-state index is 0.312. The topological polar surface area (TPSA) is 12.0 Å². The maximum absolute atomic E-state index is 3.68. The van der Waals surface area contributed by atoms with Gasteiger partial charge in [-0.1, -0.05) is 67.4 Å². The predicted molar refractivity (Wildman–Crippen MR) is 89.7 cm³/mol. The van der Waals surface area contributed by atoms with Gasteiger partial charge in [0.2, 0.25) is 0 Å². The summed E-state index contributed by atoms with van der Waals surface area (Å²) in [5.41, 5.74) is 5.71. The first-order valence-electron chi connectivity index (χ1n) is 8.18. The predicted octanol–water partition coefficient (Wildman–Crippen LogP) is 4.96. The average molecular weight is 279 g/mol. The lowest BCUT2D eigenvalue weighted by molar-refractivity contribution is 0.414. The molecule has 0 bridgehead atoms. The van der Waals surface area contributed by atoms with Crippen LogP contribution in [-0.4, -0.2) is 6.54 Å². The van der Waals surface area contributed by atoms with Gasteiger partial charge in [-0.3, -0.25) is 0 Å².